The molecule has 272 valence electrons. The SMILES string of the molecule is CC(NC(=O)CCc1nc2ccc(Cl)cc2s1)C1CCCC1.CCC.NC=O.NCCCCCC(=O)NC(c1ccccc1)c1ccccc1. The van der Waals surface area contributed by atoms with Gasteiger partial charge in [-0.25, -0.2) is 4.98 Å². The second-order valence-corrected chi connectivity index (χ2v) is 13.9. The number of nitrogens with one attached hydrogen (secondary N) is 2. The van der Waals surface area contributed by atoms with Crippen LogP contribution >= 0.6 is 22.9 Å². The highest BCUT2D eigenvalue weighted by Crippen LogP contribution is 2.28. The number of hydrogen-bond acceptors (Lipinski definition) is 6. The predicted octanol–water partition coefficient (Wildman–Crippen LogP) is 8.51. The lowest BCUT2D eigenvalue weighted by Gasteiger charge is -2.20. The van der Waals surface area contributed by atoms with Crippen molar-refractivity contribution in [3.63, 3.8) is 0 Å². The first-order chi connectivity index (χ1) is 24.3. The van der Waals surface area contributed by atoms with Crippen LogP contribution in [0.2, 0.25) is 5.02 Å². The molecule has 5 rings (SSSR count). The first kappa shape index (κ1) is 42.4. The Morgan fingerprint density at radius 2 is 1.46 bits per heavy atom. The summed E-state index contributed by atoms with van der Waals surface area (Å²) in [4.78, 5) is 37.5. The molecule has 3 amide bonds. The van der Waals surface area contributed by atoms with E-state index in [2.05, 4.69) is 42.1 Å². The van der Waals surface area contributed by atoms with E-state index >= 15 is 0 Å². The van der Waals surface area contributed by atoms with Gasteiger partial charge in [0.1, 0.15) is 0 Å². The summed E-state index contributed by atoms with van der Waals surface area (Å²) in [6.45, 7) is 7.08. The number of amides is 3. The molecule has 0 spiro atoms. The molecule has 8 nitrogen and oxygen atoms in total. The van der Waals surface area contributed by atoms with Gasteiger partial charge in [0.15, 0.2) is 0 Å². The third kappa shape index (κ3) is 16.3. The van der Waals surface area contributed by atoms with E-state index in [0.29, 0.717) is 37.8 Å². The van der Waals surface area contributed by atoms with Crippen molar-refractivity contribution in [3.05, 3.63) is 100 Å². The number of aryl methyl sites for hydroxylation is 1. The summed E-state index contributed by atoms with van der Waals surface area (Å²) >= 11 is 7.61. The zero-order valence-electron chi connectivity index (χ0n) is 29.9. The van der Waals surface area contributed by atoms with Crippen LogP contribution in [0.4, 0.5) is 0 Å². The van der Waals surface area contributed by atoms with E-state index < -0.39 is 0 Å². The number of carbonyl (C=O) groups is 3. The molecule has 0 bridgehead atoms. The molecule has 1 unspecified atom stereocenters. The molecule has 0 radical (unpaired) electrons. The molecular formula is C40H56ClN5O3S. The van der Waals surface area contributed by atoms with Crippen LogP contribution in [0.25, 0.3) is 10.2 Å². The number of hydrogen-bond donors (Lipinski definition) is 4. The molecule has 50 heavy (non-hydrogen) atoms. The van der Waals surface area contributed by atoms with Gasteiger partial charge >= 0.3 is 0 Å². The number of unbranched alkanes of at least 4 members (excludes halogenated alkanes) is 2. The minimum Gasteiger partial charge on any atom is -0.372 e. The van der Waals surface area contributed by atoms with Gasteiger partial charge in [0.25, 0.3) is 0 Å². The van der Waals surface area contributed by atoms with Crippen molar-refractivity contribution in [3.8, 4) is 0 Å². The predicted molar refractivity (Wildman–Crippen MR) is 209 cm³/mol. The molecule has 1 aliphatic carbocycles. The molecule has 1 saturated carbocycles. The Labute approximate surface area is 307 Å². The minimum absolute atomic E-state index is 0.0923. The molecule has 1 aromatic heterocycles. The van der Waals surface area contributed by atoms with Crippen LogP contribution in [-0.2, 0) is 20.8 Å². The van der Waals surface area contributed by atoms with E-state index in [1.54, 1.807) is 11.3 Å². The van der Waals surface area contributed by atoms with Crippen LogP contribution in [0.1, 0.15) is 107 Å². The monoisotopic (exact) mass is 721 g/mol. The van der Waals surface area contributed by atoms with Gasteiger partial charge in [0.2, 0.25) is 18.2 Å². The summed E-state index contributed by atoms with van der Waals surface area (Å²) < 4.78 is 1.09. The number of nitrogens with two attached hydrogens (primary N) is 2. The van der Waals surface area contributed by atoms with Crippen molar-refractivity contribution in [1.29, 1.82) is 0 Å². The number of thiazole rings is 1. The van der Waals surface area contributed by atoms with Gasteiger partial charge in [-0.3, -0.25) is 14.4 Å². The Morgan fingerprint density at radius 3 is 2.02 bits per heavy atom. The van der Waals surface area contributed by atoms with Crippen molar-refractivity contribution in [2.75, 3.05) is 6.54 Å². The lowest BCUT2D eigenvalue weighted by molar-refractivity contribution is -0.122. The average Bonchev–Trinajstić information content (AvgIpc) is 3.81. The number of fused-ring (bicyclic) bond motifs is 1. The average molecular weight is 722 g/mol. The van der Waals surface area contributed by atoms with Crippen LogP contribution in [-0.4, -0.2) is 35.8 Å². The quantitative estimate of drug-likeness (QED) is 0.0810. The molecule has 6 N–H and O–H groups in total. The van der Waals surface area contributed by atoms with Crippen molar-refractivity contribution < 1.29 is 14.4 Å². The van der Waals surface area contributed by atoms with Crippen LogP contribution < -0.4 is 22.1 Å². The van der Waals surface area contributed by atoms with Crippen LogP contribution in [0.15, 0.2) is 78.9 Å². The minimum atomic E-state index is -0.0931. The first-order valence-corrected chi connectivity index (χ1v) is 19.0. The number of aromatic nitrogens is 1. The highest BCUT2D eigenvalue weighted by Gasteiger charge is 2.22. The lowest BCUT2D eigenvalue weighted by atomic mass is 9.98. The van der Waals surface area contributed by atoms with E-state index in [1.165, 1.54) is 32.1 Å². The highest BCUT2D eigenvalue weighted by molar-refractivity contribution is 7.18. The molecule has 1 heterocycles. The third-order valence-electron chi connectivity index (χ3n) is 8.14. The van der Waals surface area contributed by atoms with E-state index in [9.17, 15) is 9.59 Å². The lowest BCUT2D eigenvalue weighted by Crippen LogP contribution is -2.37. The molecule has 1 aliphatic rings. The fourth-order valence-electron chi connectivity index (χ4n) is 5.66. The summed E-state index contributed by atoms with van der Waals surface area (Å²) in [6.07, 6.45) is 11.2. The molecule has 0 saturated heterocycles. The number of halogens is 1. The normalized spacial score (nSPS) is 12.8. The Morgan fingerprint density at radius 1 is 0.900 bits per heavy atom. The van der Waals surface area contributed by atoms with Crippen molar-refractivity contribution in [2.45, 2.75) is 103 Å². The molecule has 1 fully saturated rings. The van der Waals surface area contributed by atoms with E-state index in [0.717, 1.165) is 50.6 Å². The summed E-state index contributed by atoms with van der Waals surface area (Å²) in [5, 5.41) is 8.04. The van der Waals surface area contributed by atoms with Crippen LogP contribution in [0, 0.1) is 5.92 Å². The van der Waals surface area contributed by atoms with Crippen molar-refractivity contribution in [1.82, 2.24) is 15.6 Å². The van der Waals surface area contributed by atoms with Crippen molar-refractivity contribution in [2.24, 2.45) is 17.4 Å². The van der Waals surface area contributed by atoms with Gasteiger partial charge in [-0.1, -0.05) is 112 Å². The maximum atomic E-state index is 12.2. The topological polar surface area (TPSA) is 140 Å². The number of benzene rings is 3. The number of rotatable bonds is 13. The van der Waals surface area contributed by atoms with E-state index in [1.807, 2.05) is 78.9 Å². The standard InChI is InChI=1S/C19H24N2O.C17H21ClN2OS.C3H8.CH3NO/c20-15-9-3-8-14-18(22)21-19(16-10-4-1-5-11-16)17-12-6-2-7-13-17;1-11(12-4-2-3-5-12)19-16(21)8-9-17-20-14-7-6-13(18)10-15(14)22-17;1-3-2;2-1-3/h1-2,4-7,10-13,19H,3,8-9,14-15,20H2,(H,21,22);6-7,10-12H,2-5,8-9H2,1H3,(H,19,21);3H2,1-2H3;1H,(H2,2,3). The Balaban J connectivity index is 0.000000300. The largest absolute Gasteiger partial charge is 0.372 e. The zero-order chi connectivity index (χ0) is 36.6. The smallest absolute Gasteiger partial charge is 0.220 e. The van der Waals surface area contributed by atoms with Crippen LogP contribution in [0.5, 0.6) is 0 Å². The van der Waals surface area contributed by atoms with E-state index in [-0.39, 0.29) is 24.3 Å². The van der Waals surface area contributed by atoms with Crippen molar-refractivity contribution >= 4 is 51.4 Å². The molecule has 1 atom stereocenters. The second kappa shape index (κ2) is 25.2. The van der Waals surface area contributed by atoms with Crippen LogP contribution in [0.3, 0.4) is 0 Å². The molecule has 3 aromatic carbocycles. The van der Waals surface area contributed by atoms with Gasteiger partial charge in [-0.2, -0.15) is 0 Å². The fraction of sp³-hybridized carbons (Fsp3) is 0.450. The van der Waals surface area contributed by atoms with Gasteiger partial charge in [-0.15, -0.1) is 11.3 Å². The maximum Gasteiger partial charge on any atom is 0.220 e. The summed E-state index contributed by atoms with van der Waals surface area (Å²) in [7, 11) is 0. The Kier molecular flexibility index (Phi) is 21.4. The fourth-order valence-corrected chi connectivity index (χ4v) is 6.91. The first-order valence-electron chi connectivity index (χ1n) is 17.8. The Bertz CT molecular complexity index is 1470. The third-order valence-corrected chi connectivity index (χ3v) is 9.45. The molecule has 4 aromatic rings. The second-order valence-electron chi connectivity index (χ2n) is 12.4. The maximum absolute atomic E-state index is 12.2. The summed E-state index contributed by atoms with van der Waals surface area (Å²) in [5.41, 5.74) is 12.8. The highest BCUT2D eigenvalue weighted by atomic mass is 35.5. The summed E-state index contributed by atoms with van der Waals surface area (Å²) in [6, 6.07) is 26.1. The van der Waals surface area contributed by atoms with Gasteiger partial charge in [0, 0.05) is 30.3 Å². The number of nitrogens with zero attached hydrogens (tertiary/aromatic N) is 1. The van der Waals surface area contributed by atoms with E-state index in [4.69, 9.17) is 22.1 Å². The number of carbonyl (C=O) groups excluding carboxylic acids is 3. The molecule has 0 aliphatic heterocycles. The molecule has 10 heteroatoms. The Hall–Kier alpha value is -3.79. The zero-order valence-corrected chi connectivity index (χ0v) is 31.5. The summed E-state index contributed by atoms with van der Waals surface area (Å²) in [5.74, 6) is 0.889. The number of primary amides is 1. The molecular weight excluding hydrogens is 666 g/mol. The van der Waals surface area contributed by atoms with Gasteiger partial charge in [0.05, 0.1) is 21.3 Å². The van der Waals surface area contributed by atoms with Gasteiger partial charge < -0.3 is 22.1 Å². The van der Waals surface area contributed by atoms with Gasteiger partial charge in [-0.05, 0) is 74.4 Å².